The summed E-state index contributed by atoms with van der Waals surface area (Å²) in [5.74, 6) is 0. The molecule has 0 aliphatic heterocycles. The first-order valence-electron chi connectivity index (χ1n) is 12.1. The van der Waals surface area contributed by atoms with E-state index in [4.69, 9.17) is 0 Å². The minimum Gasteiger partial charge on any atom is -0.0885 e. The molecule has 25 heavy (non-hydrogen) atoms. The van der Waals surface area contributed by atoms with Gasteiger partial charge in [0.2, 0.25) is 0 Å². The van der Waals surface area contributed by atoms with Crippen LogP contribution in [0, 0.1) is 0 Å². The summed E-state index contributed by atoms with van der Waals surface area (Å²) < 4.78 is 0. The smallest absolute Gasteiger partial charge is 0.0351 e. The zero-order valence-electron chi connectivity index (χ0n) is 18.0. The molecule has 0 rings (SSSR count). The van der Waals surface area contributed by atoms with Gasteiger partial charge in [0.05, 0.1) is 0 Å². The molecule has 0 atom stereocenters. The van der Waals surface area contributed by atoms with E-state index < -0.39 is 0 Å². The van der Waals surface area contributed by atoms with Crippen LogP contribution in [0.15, 0.2) is 12.2 Å². The Morgan fingerprint density at radius 2 is 0.560 bits per heavy atom. The van der Waals surface area contributed by atoms with Gasteiger partial charge in [0, 0.05) is 0 Å². The van der Waals surface area contributed by atoms with Crippen molar-refractivity contribution in [1.82, 2.24) is 0 Å². The molecule has 0 bridgehead atoms. The third-order valence-electron chi connectivity index (χ3n) is 5.37. The summed E-state index contributed by atoms with van der Waals surface area (Å²) >= 11 is 0. The van der Waals surface area contributed by atoms with Crippen LogP contribution in [0.25, 0.3) is 0 Å². The molecular weight excluding hydrogens is 300 g/mol. The fourth-order valence-electron chi connectivity index (χ4n) is 3.56. The quantitative estimate of drug-likeness (QED) is 0.143. The van der Waals surface area contributed by atoms with Crippen molar-refractivity contribution < 1.29 is 0 Å². The zero-order valence-corrected chi connectivity index (χ0v) is 18.0. The van der Waals surface area contributed by atoms with Gasteiger partial charge in [-0.05, 0) is 25.7 Å². The minimum atomic E-state index is 1.30. The molecule has 0 N–H and O–H groups in total. The largest absolute Gasteiger partial charge is 0.0885 e. The highest BCUT2D eigenvalue weighted by atomic mass is 14.0. The number of rotatable bonds is 21. The molecule has 0 unspecified atom stereocenters. The summed E-state index contributed by atoms with van der Waals surface area (Å²) in [5, 5.41) is 0. The maximum Gasteiger partial charge on any atom is -0.0351 e. The van der Waals surface area contributed by atoms with E-state index in [0.717, 1.165) is 0 Å². The lowest BCUT2D eigenvalue weighted by Crippen LogP contribution is -1.83. The normalized spacial score (nSPS) is 11.6. The van der Waals surface area contributed by atoms with Crippen LogP contribution in [0.2, 0.25) is 0 Å². The van der Waals surface area contributed by atoms with E-state index in [1.807, 2.05) is 0 Å². The molecule has 0 heterocycles. The van der Waals surface area contributed by atoms with Crippen molar-refractivity contribution in [3.05, 3.63) is 12.2 Å². The number of allylic oxidation sites excluding steroid dienone is 2. The van der Waals surface area contributed by atoms with Crippen LogP contribution >= 0.6 is 0 Å². The molecule has 0 radical (unpaired) electrons. The van der Waals surface area contributed by atoms with Gasteiger partial charge in [-0.1, -0.05) is 135 Å². The Morgan fingerprint density at radius 1 is 0.320 bits per heavy atom. The van der Waals surface area contributed by atoms with Crippen LogP contribution in [0.1, 0.15) is 149 Å². The van der Waals surface area contributed by atoms with Gasteiger partial charge in [0.1, 0.15) is 0 Å². The van der Waals surface area contributed by atoms with Crippen LogP contribution in [-0.4, -0.2) is 0 Å². The van der Waals surface area contributed by atoms with Crippen LogP contribution < -0.4 is 0 Å². The van der Waals surface area contributed by atoms with E-state index in [2.05, 4.69) is 26.0 Å². The van der Waals surface area contributed by atoms with E-state index >= 15 is 0 Å². The summed E-state index contributed by atoms with van der Waals surface area (Å²) in [6.45, 7) is 4.58. The molecule has 0 aromatic rings. The monoisotopic (exact) mass is 350 g/mol. The average Bonchev–Trinajstić information content (AvgIpc) is 2.63. The first-order valence-corrected chi connectivity index (χ1v) is 12.1. The predicted octanol–water partition coefficient (Wildman–Crippen LogP) is 9.77. The van der Waals surface area contributed by atoms with Gasteiger partial charge < -0.3 is 0 Å². The standard InChI is InChI=1S/C25H50/c1-3-5-7-9-11-13-15-17-19-21-23-25-24-22-20-18-16-14-12-10-8-6-4-2/h13,15H,3-12,14,16-25H2,1-2H3/b15-13+. The molecule has 0 saturated carbocycles. The number of hydrogen-bond donors (Lipinski definition) is 0. The van der Waals surface area contributed by atoms with Crippen LogP contribution in [0.3, 0.4) is 0 Å². The van der Waals surface area contributed by atoms with Crippen molar-refractivity contribution in [3.8, 4) is 0 Å². The minimum absolute atomic E-state index is 1.30. The molecule has 0 aromatic heterocycles. The molecule has 0 heteroatoms. The molecule has 0 aromatic carbocycles. The van der Waals surface area contributed by atoms with Gasteiger partial charge in [-0.2, -0.15) is 0 Å². The first-order chi connectivity index (χ1) is 12.4. The fourth-order valence-corrected chi connectivity index (χ4v) is 3.56. The third-order valence-corrected chi connectivity index (χ3v) is 5.37. The Kier molecular flexibility index (Phi) is 23.5. The summed E-state index contributed by atoms with van der Waals surface area (Å²) in [4.78, 5) is 0. The number of unbranched alkanes of at least 4 members (excludes halogenated alkanes) is 19. The van der Waals surface area contributed by atoms with Gasteiger partial charge in [-0.3, -0.25) is 0 Å². The fraction of sp³-hybridized carbons (Fsp3) is 0.920. The Morgan fingerprint density at radius 3 is 0.880 bits per heavy atom. The predicted molar refractivity (Wildman–Crippen MR) is 117 cm³/mol. The highest BCUT2D eigenvalue weighted by molar-refractivity contribution is 4.81. The Labute approximate surface area is 161 Å². The van der Waals surface area contributed by atoms with Crippen molar-refractivity contribution in [2.75, 3.05) is 0 Å². The van der Waals surface area contributed by atoms with E-state index in [1.165, 1.54) is 135 Å². The van der Waals surface area contributed by atoms with Crippen molar-refractivity contribution in [1.29, 1.82) is 0 Å². The zero-order chi connectivity index (χ0) is 18.3. The van der Waals surface area contributed by atoms with Gasteiger partial charge in [-0.15, -0.1) is 0 Å². The summed E-state index contributed by atoms with van der Waals surface area (Å²) in [7, 11) is 0. The third kappa shape index (κ3) is 23.7. The van der Waals surface area contributed by atoms with E-state index in [0.29, 0.717) is 0 Å². The first kappa shape index (κ1) is 24.7. The Hall–Kier alpha value is -0.260. The second kappa shape index (κ2) is 23.7. The van der Waals surface area contributed by atoms with E-state index in [9.17, 15) is 0 Å². The molecule has 0 aliphatic carbocycles. The lowest BCUT2D eigenvalue weighted by atomic mass is 10.0. The van der Waals surface area contributed by atoms with E-state index in [1.54, 1.807) is 0 Å². The molecule has 0 amide bonds. The maximum atomic E-state index is 2.42. The van der Waals surface area contributed by atoms with Crippen molar-refractivity contribution >= 4 is 0 Å². The van der Waals surface area contributed by atoms with E-state index in [-0.39, 0.29) is 0 Å². The molecule has 150 valence electrons. The van der Waals surface area contributed by atoms with Crippen LogP contribution in [-0.2, 0) is 0 Å². The van der Waals surface area contributed by atoms with Crippen molar-refractivity contribution in [2.45, 2.75) is 149 Å². The Balaban J connectivity index is 3.01. The number of hydrogen-bond acceptors (Lipinski definition) is 0. The highest BCUT2D eigenvalue weighted by Crippen LogP contribution is 2.14. The maximum absolute atomic E-state index is 2.42. The summed E-state index contributed by atoms with van der Waals surface area (Å²) in [5.41, 5.74) is 0. The second-order valence-corrected chi connectivity index (χ2v) is 8.06. The highest BCUT2D eigenvalue weighted by Gasteiger charge is 1.94. The lowest BCUT2D eigenvalue weighted by Gasteiger charge is -2.03. The molecule has 0 aliphatic rings. The van der Waals surface area contributed by atoms with Crippen LogP contribution in [0.5, 0.6) is 0 Å². The second-order valence-electron chi connectivity index (χ2n) is 8.06. The van der Waals surface area contributed by atoms with Gasteiger partial charge in [0.25, 0.3) is 0 Å². The SMILES string of the molecule is CCCCCC/C=C/CCCCCCCCCCCCCCCCC. The Bertz CT molecular complexity index is 240. The molecule has 0 nitrogen and oxygen atoms in total. The van der Waals surface area contributed by atoms with Crippen LogP contribution in [0.4, 0.5) is 0 Å². The topological polar surface area (TPSA) is 0 Å². The molecule has 0 saturated heterocycles. The van der Waals surface area contributed by atoms with Crippen molar-refractivity contribution in [3.63, 3.8) is 0 Å². The summed E-state index contributed by atoms with van der Waals surface area (Å²) in [6.07, 6.45) is 34.9. The van der Waals surface area contributed by atoms with Gasteiger partial charge >= 0.3 is 0 Å². The molecule has 0 spiro atoms. The van der Waals surface area contributed by atoms with Gasteiger partial charge in [-0.25, -0.2) is 0 Å². The average molecular weight is 351 g/mol. The van der Waals surface area contributed by atoms with Gasteiger partial charge in [0.15, 0.2) is 0 Å². The lowest BCUT2D eigenvalue weighted by molar-refractivity contribution is 0.533. The molecular formula is C25H50. The van der Waals surface area contributed by atoms with Crippen molar-refractivity contribution in [2.24, 2.45) is 0 Å². The summed E-state index contributed by atoms with van der Waals surface area (Å²) in [6, 6.07) is 0. The molecule has 0 fully saturated rings.